The van der Waals surface area contributed by atoms with E-state index in [1.54, 1.807) is 0 Å². The van der Waals surface area contributed by atoms with Crippen LogP contribution < -0.4 is 0 Å². The zero-order chi connectivity index (χ0) is 7.98. The summed E-state index contributed by atoms with van der Waals surface area (Å²) in [6.45, 7) is 6.46. The van der Waals surface area contributed by atoms with Crippen LogP contribution in [0.15, 0.2) is 0 Å². The van der Waals surface area contributed by atoms with Gasteiger partial charge >= 0.3 is 65.3 Å². The number of rotatable bonds is 5. The van der Waals surface area contributed by atoms with Crippen LogP contribution in [0.2, 0.25) is 0 Å². The first-order valence-corrected chi connectivity index (χ1v) is 4.31. The van der Waals surface area contributed by atoms with Crippen LogP contribution in [0.5, 0.6) is 0 Å². The predicted molar refractivity (Wildman–Crippen MR) is 49.7 cm³/mol. The van der Waals surface area contributed by atoms with Crippen molar-refractivity contribution >= 4 is 13.0 Å². The van der Waals surface area contributed by atoms with E-state index in [-0.39, 0.29) is 0 Å². The fraction of sp³-hybridized carbons (Fsp3) is 0.889. The molecule has 0 unspecified atom stereocenters. The molecule has 1 heteroatoms. The third kappa shape index (κ3) is 3.87. The molecule has 0 aliphatic carbocycles. The Morgan fingerprint density at radius 2 is 2.00 bits per heavy atom. The molecule has 1 radical (unpaired) electrons. The molecule has 57 valence electrons. The van der Waals surface area contributed by atoms with Gasteiger partial charge in [-0.05, 0) is 0 Å². The van der Waals surface area contributed by atoms with Crippen molar-refractivity contribution in [1.29, 1.82) is 0 Å². The summed E-state index contributed by atoms with van der Waals surface area (Å²) in [6, 6.07) is 0. The average Bonchev–Trinajstić information content (AvgIpc) is 1.89. The van der Waals surface area contributed by atoms with Crippen LogP contribution in [0.1, 0.15) is 46.5 Å². The maximum absolute atomic E-state index is 5.70. The molecule has 0 aromatic carbocycles. The van der Waals surface area contributed by atoms with Crippen LogP contribution in [0.4, 0.5) is 0 Å². The summed E-state index contributed by atoms with van der Waals surface area (Å²) in [5, 5.41) is 0. The van der Waals surface area contributed by atoms with Crippen molar-refractivity contribution in [3.63, 3.8) is 0 Å². The Bertz CT molecular complexity index is 96.9. The first-order chi connectivity index (χ1) is 4.72. The average molecular weight is 137 g/mol. The minimum atomic E-state index is 0.667. The van der Waals surface area contributed by atoms with Crippen LogP contribution in [0, 0.1) is 5.92 Å². The van der Waals surface area contributed by atoms with Crippen LogP contribution in [-0.2, 0) is 0 Å². The van der Waals surface area contributed by atoms with Crippen LogP contribution in [-0.4, -0.2) is 13.0 Å². The number of hydrogen-bond acceptors (Lipinski definition) is 0. The van der Waals surface area contributed by atoms with Crippen molar-refractivity contribution in [1.82, 2.24) is 0 Å². The molecule has 0 spiro atoms. The molecule has 0 aromatic rings. The molecule has 0 rings (SSSR count). The second-order valence-corrected chi connectivity index (χ2v) is 2.99. The van der Waals surface area contributed by atoms with E-state index < -0.39 is 0 Å². The summed E-state index contributed by atoms with van der Waals surface area (Å²) in [5.41, 5.74) is 1.11. The van der Waals surface area contributed by atoms with Gasteiger partial charge in [0.1, 0.15) is 0 Å². The fourth-order valence-corrected chi connectivity index (χ4v) is 1.20. The Balaban J connectivity index is 3.50. The monoisotopic (exact) mass is 137 g/mol. The van der Waals surface area contributed by atoms with Crippen molar-refractivity contribution < 1.29 is 0 Å². The van der Waals surface area contributed by atoms with E-state index in [0.29, 0.717) is 5.92 Å². The van der Waals surface area contributed by atoms with Gasteiger partial charge in [-0.25, -0.2) is 0 Å². The molecular weight excluding hydrogens is 119 g/mol. The summed E-state index contributed by atoms with van der Waals surface area (Å²) in [5.74, 6) is 0.667. The third-order valence-electron chi connectivity index (χ3n) is 2.04. The molecule has 0 heterocycles. The summed E-state index contributed by atoms with van der Waals surface area (Å²) in [4.78, 5) is 0. The summed E-state index contributed by atoms with van der Waals surface area (Å²) < 4.78 is 0. The molecule has 0 aliphatic rings. The molecule has 1 atom stereocenters. The van der Waals surface area contributed by atoms with Crippen molar-refractivity contribution in [3.05, 3.63) is 0 Å². The third-order valence-corrected chi connectivity index (χ3v) is 2.04. The van der Waals surface area contributed by atoms with Gasteiger partial charge in [0.15, 0.2) is 0 Å². The Morgan fingerprint density at radius 3 is 2.30 bits per heavy atom. The van der Waals surface area contributed by atoms with E-state index in [4.69, 9.17) is 7.49 Å². The van der Waals surface area contributed by atoms with Gasteiger partial charge < -0.3 is 0 Å². The van der Waals surface area contributed by atoms with Gasteiger partial charge in [0.25, 0.3) is 0 Å². The predicted octanol–water partition coefficient (Wildman–Crippen LogP) is 2.56. The standard InChI is InChI=1S/C9H18B/c1-4-6-7-9(5-2)8(3)10/h9H,4-7H2,1-3H3/t9-/m1/s1. The van der Waals surface area contributed by atoms with Gasteiger partial charge in [0.2, 0.25) is 0 Å². The van der Waals surface area contributed by atoms with Gasteiger partial charge in [-0.15, -0.1) is 0 Å². The maximum atomic E-state index is 5.70. The SMILES string of the molecule is [B]=C(C)[C@H](CC)CCCC. The molecule has 0 aliphatic heterocycles. The molecule has 0 bridgehead atoms. The van der Waals surface area contributed by atoms with E-state index in [1.807, 2.05) is 6.92 Å². The first kappa shape index (κ1) is 9.93. The van der Waals surface area contributed by atoms with Gasteiger partial charge in [-0.2, -0.15) is 0 Å². The van der Waals surface area contributed by atoms with Crippen LogP contribution >= 0.6 is 0 Å². The first-order valence-electron chi connectivity index (χ1n) is 4.31. The van der Waals surface area contributed by atoms with Gasteiger partial charge in [0, 0.05) is 0 Å². The Hall–Kier alpha value is -0.0651. The molecule has 0 N–H and O–H groups in total. The van der Waals surface area contributed by atoms with E-state index in [0.717, 1.165) is 5.46 Å². The topological polar surface area (TPSA) is 0 Å². The zero-order valence-corrected chi connectivity index (χ0v) is 7.48. The summed E-state index contributed by atoms with van der Waals surface area (Å²) >= 11 is 0. The second kappa shape index (κ2) is 5.70. The zero-order valence-electron chi connectivity index (χ0n) is 7.48. The molecular formula is C9H18B. The van der Waals surface area contributed by atoms with E-state index in [2.05, 4.69) is 13.8 Å². The van der Waals surface area contributed by atoms with Crippen molar-refractivity contribution in [2.24, 2.45) is 5.92 Å². The molecule has 0 saturated carbocycles. The molecule has 0 saturated heterocycles. The van der Waals surface area contributed by atoms with Gasteiger partial charge in [-0.1, -0.05) is 0 Å². The molecule has 0 nitrogen and oxygen atoms in total. The fourth-order valence-electron chi connectivity index (χ4n) is 1.20. The van der Waals surface area contributed by atoms with Crippen LogP contribution in [0.3, 0.4) is 0 Å². The van der Waals surface area contributed by atoms with Crippen molar-refractivity contribution in [2.45, 2.75) is 46.5 Å². The van der Waals surface area contributed by atoms with E-state index in [9.17, 15) is 0 Å². The van der Waals surface area contributed by atoms with E-state index >= 15 is 0 Å². The van der Waals surface area contributed by atoms with Gasteiger partial charge in [-0.3, -0.25) is 0 Å². The number of unbranched alkanes of at least 4 members (excludes halogenated alkanes) is 1. The Kier molecular flexibility index (Phi) is 5.66. The van der Waals surface area contributed by atoms with E-state index in [1.165, 1.54) is 25.7 Å². The minimum absolute atomic E-state index is 0.667. The molecule has 0 amide bonds. The van der Waals surface area contributed by atoms with Crippen molar-refractivity contribution in [2.75, 3.05) is 0 Å². The molecule has 0 aromatic heterocycles. The van der Waals surface area contributed by atoms with Gasteiger partial charge in [0.05, 0.1) is 0 Å². The van der Waals surface area contributed by atoms with Crippen molar-refractivity contribution in [3.8, 4) is 0 Å². The summed E-state index contributed by atoms with van der Waals surface area (Å²) in [7, 11) is 5.70. The molecule has 10 heavy (non-hydrogen) atoms. The normalized spacial score (nSPS) is 13.0. The quantitative estimate of drug-likeness (QED) is 0.511. The Labute approximate surface area is 66.1 Å². The number of hydrogen-bond donors (Lipinski definition) is 0. The second-order valence-electron chi connectivity index (χ2n) is 2.99. The van der Waals surface area contributed by atoms with Crippen LogP contribution in [0.25, 0.3) is 0 Å². The summed E-state index contributed by atoms with van der Waals surface area (Å²) in [6.07, 6.45) is 5.06. The molecule has 0 fully saturated rings. The Morgan fingerprint density at radius 1 is 1.40 bits per heavy atom.